The number of rotatable bonds is 2. The Bertz CT molecular complexity index is 290. The second-order valence-electron chi connectivity index (χ2n) is 2.12. The van der Waals surface area contributed by atoms with Crippen LogP contribution >= 0.6 is 15.9 Å². The number of allylic oxidation sites excluding steroid dienone is 1. The second-order valence-corrected chi connectivity index (χ2v) is 3.82. The molecule has 0 amide bonds. The first-order chi connectivity index (χ1) is 5.22. The summed E-state index contributed by atoms with van der Waals surface area (Å²) in [7, 11) is 0. The van der Waals surface area contributed by atoms with Crippen LogP contribution in [0, 0.1) is 0 Å². The Hall–Kier alpha value is -0.0117. The monoisotopic (exact) mass is 382 g/mol. The number of nitrogens with one attached hydrogen (secondary N) is 1. The Morgan fingerprint density at radius 3 is 3.00 bits per heavy atom. The van der Waals surface area contributed by atoms with E-state index in [9.17, 15) is 0 Å². The van der Waals surface area contributed by atoms with Gasteiger partial charge in [-0.25, -0.2) is 0 Å². The van der Waals surface area contributed by atoms with Crippen molar-refractivity contribution in [2.45, 2.75) is 6.92 Å². The van der Waals surface area contributed by atoms with Crippen LogP contribution in [0.5, 0.6) is 0 Å². The summed E-state index contributed by atoms with van der Waals surface area (Å²) < 4.78 is 3.04. The summed E-state index contributed by atoms with van der Waals surface area (Å²) in [5.41, 5.74) is 1.24. The van der Waals surface area contributed by atoms with E-state index in [-0.39, 0.29) is 0 Å². The molecule has 58 valence electrons. The van der Waals surface area contributed by atoms with E-state index in [2.05, 4.69) is 37.2 Å². The zero-order valence-electron chi connectivity index (χ0n) is 5.97. The predicted octanol–water partition coefficient (Wildman–Crippen LogP) is 1.92. The standard InChI is InChI=1S/C7H7BrN2.W/c1-5(2)3-7-9-4-6(8)10-7;/h1,3-4H,2H3,(H,9,10);/b5-3+;. The van der Waals surface area contributed by atoms with Crippen LogP contribution in [0.1, 0.15) is 12.7 Å². The van der Waals surface area contributed by atoms with Crippen LogP contribution in [0.25, 0.3) is 6.08 Å². The molecular formula is C7H7BrN2W. The van der Waals surface area contributed by atoms with Crippen LogP contribution in [-0.2, 0) is 19.4 Å². The third-order valence-electron chi connectivity index (χ3n) is 1.11. The van der Waals surface area contributed by atoms with Crippen molar-refractivity contribution >= 4 is 26.4 Å². The van der Waals surface area contributed by atoms with Gasteiger partial charge in [0.25, 0.3) is 0 Å². The zero-order valence-corrected chi connectivity index (χ0v) is 10.5. The van der Waals surface area contributed by atoms with Crippen LogP contribution in [0.4, 0.5) is 0 Å². The first-order valence-corrected chi connectivity index (χ1v) is 5.55. The molecule has 1 heterocycles. The molecule has 0 bridgehead atoms. The van der Waals surface area contributed by atoms with Crippen LogP contribution in [-0.4, -0.2) is 14.4 Å². The Labute approximate surface area is 84.7 Å². The van der Waals surface area contributed by atoms with E-state index < -0.39 is 0 Å². The third kappa shape index (κ3) is 2.84. The molecule has 0 radical (unpaired) electrons. The van der Waals surface area contributed by atoms with Crippen molar-refractivity contribution in [1.82, 2.24) is 9.97 Å². The second kappa shape index (κ2) is 4.12. The Balaban J connectivity index is 2.86. The van der Waals surface area contributed by atoms with Crippen LogP contribution in [0.15, 0.2) is 16.4 Å². The molecule has 0 spiro atoms. The van der Waals surface area contributed by atoms with Gasteiger partial charge in [0.2, 0.25) is 0 Å². The van der Waals surface area contributed by atoms with E-state index in [0.29, 0.717) is 0 Å². The number of aromatic amines is 1. The summed E-state index contributed by atoms with van der Waals surface area (Å²) in [6.45, 7) is 2.06. The van der Waals surface area contributed by atoms with Gasteiger partial charge >= 0.3 is 84.8 Å². The van der Waals surface area contributed by atoms with Crippen molar-refractivity contribution in [2.24, 2.45) is 0 Å². The average molecular weight is 383 g/mol. The molecule has 2 nitrogen and oxygen atoms in total. The van der Waals surface area contributed by atoms with Crippen molar-refractivity contribution in [3.05, 3.63) is 22.2 Å². The first-order valence-electron chi connectivity index (χ1n) is 3.06. The number of hydrogen-bond acceptors (Lipinski definition) is 1. The zero-order chi connectivity index (χ0) is 8.27. The van der Waals surface area contributed by atoms with Gasteiger partial charge in [-0.1, -0.05) is 0 Å². The van der Waals surface area contributed by atoms with Gasteiger partial charge in [0, 0.05) is 0 Å². The molecule has 4 heteroatoms. The summed E-state index contributed by atoms with van der Waals surface area (Å²) >= 11 is 4.75. The predicted molar refractivity (Wildman–Crippen MR) is 46.0 cm³/mol. The van der Waals surface area contributed by atoms with Crippen molar-refractivity contribution < 1.29 is 19.4 Å². The van der Waals surface area contributed by atoms with Crippen LogP contribution in [0.2, 0.25) is 0 Å². The fraction of sp³-hybridized carbons (Fsp3) is 0.143. The molecule has 1 aromatic heterocycles. The van der Waals surface area contributed by atoms with E-state index in [4.69, 9.17) is 0 Å². The molecule has 0 saturated carbocycles. The van der Waals surface area contributed by atoms with Gasteiger partial charge in [-0.05, 0) is 0 Å². The fourth-order valence-electron chi connectivity index (χ4n) is 0.636. The van der Waals surface area contributed by atoms with Crippen molar-refractivity contribution in [3.8, 4) is 0 Å². The van der Waals surface area contributed by atoms with Gasteiger partial charge in [-0.15, -0.1) is 0 Å². The Kier molecular flexibility index (Phi) is 3.40. The third-order valence-corrected chi connectivity index (χ3v) is 2.85. The minimum atomic E-state index is 0.895. The van der Waals surface area contributed by atoms with Crippen molar-refractivity contribution in [2.75, 3.05) is 0 Å². The molecule has 11 heavy (non-hydrogen) atoms. The SMILES string of the molecule is C/C([CH]=[W])=C/c1ncc(Br)[nH]1. The van der Waals surface area contributed by atoms with Gasteiger partial charge in [-0.2, -0.15) is 0 Å². The van der Waals surface area contributed by atoms with Gasteiger partial charge in [0.15, 0.2) is 0 Å². The topological polar surface area (TPSA) is 28.7 Å². The maximum atomic E-state index is 4.11. The van der Waals surface area contributed by atoms with E-state index in [1.807, 2.05) is 6.08 Å². The van der Waals surface area contributed by atoms with Gasteiger partial charge in [0.05, 0.1) is 0 Å². The molecule has 0 atom stereocenters. The molecule has 0 unspecified atom stereocenters. The van der Waals surface area contributed by atoms with E-state index in [1.54, 1.807) is 6.20 Å². The number of nitrogens with zero attached hydrogens (tertiary/aromatic N) is 1. The Morgan fingerprint density at radius 1 is 1.82 bits per heavy atom. The number of imidazole rings is 1. The first kappa shape index (κ1) is 9.08. The quantitative estimate of drug-likeness (QED) is 0.831. The van der Waals surface area contributed by atoms with Crippen molar-refractivity contribution in [3.63, 3.8) is 0 Å². The number of halogens is 1. The summed E-state index contributed by atoms with van der Waals surface area (Å²) in [5.74, 6) is 0.895. The number of hydrogen-bond donors (Lipinski definition) is 1. The van der Waals surface area contributed by atoms with Gasteiger partial charge < -0.3 is 0 Å². The maximum absolute atomic E-state index is 4.11. The molecule has 1 N–H and O–H groups in total. The molecule has 0 saturated heterocycles. The number of aromatic nitrogens is 2. The molecule has 1 aromatic rings. The summed E-state index contributed by atoms with van der Waals surface area (Å²) in [6, 6.07) is 0. The average Bonchev–Trinajstić information content (AvgIpc) is 2.35. The molecule has 0 aliphatic heterocycles. The van der Waals surface area contributed by atoms with Crippen molar-refractivity contribution in [1.29, 1.82) is 0 Å². The minimum absolute atomic E-state index is 0.895. The van der Waals surface area contributed by atoms with Crippen LogP contribution < -0.4 is 0 Å². The van der Waals surface area contributed by atoms with Crippen LogP contribution in [0.3, 0.4) is 0 Å². The molecular weight excluding hydrogens is 376 g/mol. The Morgan fingerprint density at radius 2 is 2.55 bits per heavy atom. The normalized spacial score (nSPS) is 11.6. The molecule has 0 fully saturated rings. The molecule has 0 aliphatic rings. The van der Waals surface area contributed by atoms with Gasteiger partial charge in [-0.3, -0.25) is 0 Å². The molecule has 0 aliphatic carbocycles. The van der Waals surface area contributed by atoms with E-state index in [1.165, 1.54) is 24.9 Å². The van der Waals surface area contributed by atoms with E-state index in [0.717, 1.165) is 10.4 Å². The molecule has 1 rings (SSSR count). The fourth-order valence-corrected chi connectivity index (χ4v) is 1.19. The van der Waals surface area contributed by atoms with E-state index >= 15 is 0 Å². The summed E-state index contributed by atoms with van der Waals surface area (Å²) in [4.78, 5) is 7.17. The summed E-state index contributed by atoms with van der Waals surface area (Å²) in [6.07, 6.45) is 3.76. The summed E-state index contributed by atoms with van der Waals surface area (Å²) in [5, 5.41) is 0. The molecule has 0 aromatic carbocycles. The number of H-pyrrole nitrogens is 1. The van der Waals surface area contributed by atoms with Gasteiger partial charge in [0.1, 0.15) is 0 Å².